The Morgan fingerprint density at radius 2 is 1.56 bits per heavy atom. The molecule has 1 aliphatic heterocycles. The molecule has 3 aromatic rings. The second-order valence-corrected chi connectivity index (χ2v) is 8.66. The van der Waals surface area contributed by atoms with E-state index in [2.05, 4.69) is 0 Å². The Hall–Kier alpha value is -3.48. The summed E-state index contributed by atoms with van der Waals surface area (Å²) in [6.07, 6.45) is 4.89. The second-order valence-electron chi connectivity index (χ2n) is 6.99. The number of hydrogen-bond acceptors (Lipinski definition) is 5. The van der Waals surface area contributed by atoms with Gasteiger partial charge in [0.25, 0.3) is 5.91 Å². The van der Waals surface area contributed by atoms with Crippen LogP contribution in [0.15, 0.2) is 95.9 Å². The Bertz CT molecular complexity index is 1190. The summed E-state index contributed by atoms with van der Waals surface area (Å²) in [6.45, 7) is 0.453. The number of ether oxygens (including phenoxy) is 1. The number of amides is 1. The molecule has 0 N–H and O–H groups in total. The third-order valence-corrected chi connectivity index (χ3v) is 6.04. The Morgan fingerprint density at radius 3 is 2.25 bits per heavy atom. The van der Waals surface area contributed by atoms with E-state index in [1.807, 2.05) is 60.7 Å². The molecule has 32 heavy (non-hydrogen) atoms. The average molecular weight is 458 g/mol. The highest BCUT2D eigenvalue weighted by Crippen LogP contribution is 2.33. The average Bonchev–Trinajstić information content (AvgIpc) is 3.08. The SMILES string of the molecule is O=C(C=Cc1ccccc1)Oc1ccc(C=C2SC(=S)N(Cc3ccccc3)C2=O)cc1. The smallest absolute Gasteiger partial charge is 0.336 e. The van der Waals surface area contributed by atoms with Crippen molar-refractivity contribution in [2.24, 2.45) is 0 Å². The van der Waals surface area contributed by atoms with Crippen LogP contribution in [0.2, 0.25) is 0 Å². The monoisotopic (exact) mass is 457 g/mol. The Kier molecular flexibility index (Phi) is 6.94. The number of thioether (sulfide) groups is 1. The second kappa shape index (κ2) is 10.2. The van der Waals surface area contributed by atoms with E-state index in [1.54, 1.807) is 41.3 Å². The van der Waals surface area contributed by atoms with E-state index < -0.39 is 5.97 Å². The van der Waals surface area contributed by atoms with Gasteiger partial charge in [-0.25, -0.2) is 4.79 Å². The van der Waals surface area contributed by atoms with Crippen LogP contribution in [0.1, 0.15) is 16.7 Å². The fraction of sp³-hybridized carbons (Fsp3) is 0.0385. The van der Waals surface area contributed by atoms with E-state index in [1.165, 1.54) is 17.8 Å². The molecule has 4 nitrogen and oxygen atoms in total. The first kappa shape index (κ1) is 21.7. The van der Waals surface area contributed by atoms with Crippen molar-refractivity contribution in [3.8, 4) is 5.75 Å². The highest BCUT2D eigenvalue weighted by molar-refractivity contribution is 8.26. The molecule has 0 bridgehead atoms. The lowest BCUT2D eigenvalue weighted by Crippen LogP contribution is -2.27. The molecule has 6 heteroatoms. The summed E-state index contributed by atoms with van der Waals surface area (Å²) in [5.41, 5.74) is 2.77. The van der Waals surface area contributed by atoms with Crippen LogP contribution in [0.5, 0.6) is 5.75 Å². The van der Waals surface area contributed by atoms with Crippen LogP contribution in [-0.4, -0.2) is 21.1 Å². The highest BCUT2D eigenvalue weighted by atomic mass is 32.2. The topological polar surface area (TPSA) is 46.6 Å². The molecule has 0 aliphatic carbocycles. The van der Waals surface area contributed by atoms with E-state index in [9.17, 15) is 9.59 Å². The van der Waals surface area contributed by atoms with Gasteiger partial charge < -0.3 is 4.74 Å². The van der Waals surface area contributed by atoms with E-state index in [0.717, 1.165) is 16.7 Å². The van der Waals surface area contributed by atoms with Crippen molar-refractivity contribution >= 4 is 52.3 Å². The van der Waals surface area contributed by atoms with Crippen molar-refractivity contribution in [3.63, 3.8) is 0 Å². The first-order valence-corrected chi connectivity index (χ1v) is 11.2. The number of rotatable bonds is 6. The Labute approximate surface area is 196 Å². The van der Waals surface area contributed by atoms with Crippen LogP contribution in [0.25, 0.3) is 12.2 Å². The number of benzene rings is 3. The molecule has 1 heterocycles. The molecule has 1 amide bonds. The number of esters is 1. The molecule has 0 atom stereocenters. The van der Waals surface area contributed by atoms with E-state index in [4.69, 9.17) is 17.0 Å². The molecule has 158 valence electrons. The number of nitrogens with zero attached hydrogens (tertiary/aromatic N) is 1. The van der Waals surface area contributed by atoms with Gasteiger partial charge in [-0.1, -0.05) is 96.8 Å². The zero-order chi connectivity index (χ0) is 22.3. The summed E-state index contributed by atoms with van der Waals surface area (Å²) < 4.78 is 5.88. The largest absolute Gasteiger partial charge is 0.423 e. The maximum absolute atomic E-state index is 12.8. The van der Waals surface area contributed by atoms with Gasteiger partial charge >= 0.3 is 5.97 Å². The molecule has 1 fully saturated rings. The molecular formula is C26H19NO3S2. The first-order chi connectivity index (χ1) is 15.6. The van der Waals surface area contributed by atoms with Crippen LogP contribution in [0.3, 0.4) is 0 Å². The minimum absolute atomic E-state index is 0.106. The van der Waals surface area contributed by atoms with Crippen LogP contribution in [0, 0.1) is 0 Å². The molecule has 0 unspecified atom stereocenters. The quantitative estimate of drug-likeness (QED) is 0.205. The summed E-state index contributed by atoms with van der Waals surface area (Å²) in [6, 6.07) is 26.3. The van der Waals surface area contributed by atoms with Gasteiger partial charge in [0.15, 0.2) is 0 Å². The number of carbonyl (C=O) groups is 2. The van der Waals surface area contributed by atoms with Gasteiger partial charge in [-0.3, -0.25) is 9.69 Å². The number of hydrogen-bond donors (Lipinski definition) is 0. The van der Waals surface area contributed by atoms with Crippen molar-refractivity contribution in [1.29, 1.82) is 0 Å². The van der Waals surface area contributed by atoms with Crippen molar-refractivity contribution in [3.05, 3.63) is 113 Å². The Morgan fingerprint density at radius 1 is 0.906 bits per heavy atom. The standard InChI is InChI=1S/C26H19NO3S2/c28-24(16-13-19-7-3-1-4-8-19)30-22-14-11-20(12-15-22)17-23-25(29)27(26(31)32-23)18-21-9-5-2-6-10-21/h1-17H,18H2. The molecule has 1 aliphatic rings. The van der Waals surface area contributed by atoms with Crippen LogP contribution < -0.4 is 4.74 Å². The van der Waals surface area contributed by atoms with Gasteiger partial charge in [0.2, 0.25) is 0 Å². The number of thiocarbonyl (C=S) groups is 1. The summed E-state index contributed by atoms with van der Waals surface area (Å²) in [5.74, 6) is -0.129. The summed E-state index contributed by atoms with van der Waals surface area (Å²) in [4.78, 5) is 27.0. The van der Waals surface area contributed by atoms with Gasteiger partial charge in [0.1, 0.15) is 10.1 Å². The predicted octanol–water partition coefficient (Wildman–Crippen LogP) is 5.71. The highest BCUT2D eigenvalue weighted by Gasteiger charge is 2.31. The molecular weight excluding hydrogens is 438 g/mol. The van der Waals surface area contributed by atoms with Gasteiger partial charge in [-0.05, 0) is 41.0 Å². The zero-order valence-corrected chi connectivity index (χ0v) is 18.6. The minimum atomic E-state index is -0.455. The van der Waals surface area contributed by atoms with E-state index in [-0.39, 0.29) is 5.91 Å². The minimum Gasteiger partial charge on any atom is -0.423 e. The Balaban J connectivity index is 1.38. The van der Waals surface area contributed by atoms with Crippen molar-refractivity contribution in [2.45, 2.75) is 6.54 Å². The number of carbonyl (C=O) groups excluding carboxylic acids is 2. The van der Waals surface area contributed by atoms with Crippen LogP contribution >= 0.6 is 24.0 Å². The maximum Gasteiger partial charge on any atom is 0.336 e. The lowest BCUT2D eigenvalue weighted by atomic mass is 10.2. The molecule has 3 aromatic carbocycles. The molecule has 4 rings (SSSR count). The lowest BCUT2D eigenvalue weighted by Gasteiger charge is -2.14. The first-order valence-electron chi connectivity index (χ1n) is 9.93. The maximum atomic E-state index is 12.8. The summed E-state index contributed by atoms with van der Waals surface area (Å²) >= 11 is 6.69. The van der Waals surface area contributed by atoms with E-state index >= 15 is 0 Å². The lowest BCUT2D eigenvalue weighted by molar-refractivity contribution is -0.129. The van der Waals surface area contributed by atoms with Crippen LogP contribution in [0.4, 0.5) is 0 Å². The van der Waals surface area contributed by atoms with Gasteiger partial charge in [0, 0.05) is 6.08 Å². The zero-order valence-electron chi connectivity index (χ0n) is 17.0. The fourth-order valence-corrected chi connectivity index (χ4v) is 4.32. The normalized spacial score (nSPS) is 15.0. The fourth-order valence-electron chi connectivity index (χ4n) is 3.06. The van der Waals surface area contributed by atoms with Gasteiger partial charge in [0.05, 0.1) is 11.4 Å². The van der Waals surface area contributed by atoms with Crippen LogP contribution in [-0.2, 0) is 16.1 Å². The summed E-state index contributed by atoms with van der Waals surface area (Å²) in [5, 5.41) is 0. The van der Waals surface area contributed by atoms with Gasteiger partial charge in [-0.15, -0.1) is 0 Å². The van der Waals surface area contributed by atoms with Crippen molar-refractivity contribution in [1.82, 2.24) is 4.90 Å². The molecule has 0 aromatic heterocycles. The third kappa shape index (κ3) is 5.60. The molecule has 1 saturated heterocycles. The summed E-state index contributed by atoms with van der Waals surface area (Å²) in [7, 11) is 0. The van der Waals surface area contributed by atoms with E-state index in [0.29, 0.717) is 21.5 Å². The predicted molar refractivity (Wildman–Crippen MR) is 133 cm³/mol. The van der Waals surface area contributed by atoms with Crippen molar-refractivity contribution in [2.75, 3.05) is 0 Å². The van der Waals surface area contributed by atoms with Gasteiger partial charge in [-0.2, -0.15) is 0 Å². The van der Waals surface area contributed by atoms with Crippen molar-refractivity contribution < 1.29 is 14.3 Å². The molecule has 0 saturated carbocycles. The third-order valence-electron chi connectivity index (χ3n) is 4.66. The molecule has 0 spiro atoms. The molecule has 0 radical (unpaired) electrons.